The Morgan fingerprint density at radius 1 is 1.18 bits per heavy atom. The highest BCUT2D eigenvalue weighted by Crippen LogP contribution is 2.35. The van der Waals surface area contributed by atoms with Crippen molar-refractivity contribution in [3.8, 4) is 11.5 Å². The Morgan fingerprint density at radius 3 is 2.76 bits per heavy atom. The number of thioether (sulfide) groups is 1. The highest BCUT2D eigenvalue weighted by molar-refractivity contribution is 7.99. The highest BCUT2D eigenvalue weighted by Gasteiger charge is 2.21. The molecule has 0 spiro atoms. The Labute approximate surface area is 197 Å². The molecule has 1 aliphatic rings. The number of furan rings is 1. The molecule has 4 aromatic rings. The van der Waals surface area contributed by atoms with Crippen LogP contribution in [0.5, 0.6) is 11.5 Å². The van der Waals surface area contributed by atoms with E-state index in [2.05, 4.69) is 4.98 Å². The van der Waals surface area contributed by atoms with E-state index in [0.29, 0.717) is 44.0 Å². The van der Waals surface area contributed by atoms with Gasteiger partial charge < -0.3 is 18.8 Å². The van der Waals surface area contributed by atoms with Crippen molar-refractivity contribution in [2.45, 2.75) is 11.7 Å². The van der Waals surface area contributed by atoms with Crippen molar-refractivity contribution in [3.05, 3.63) is 75.9 Å². The minimum Gasteiger partial charge on any atom is -0.467 e. The summed E-state index contributed by atoms with van der Waals surface area (Å²) in [6.45, 7) is 0.280. The molecule has 0 atom stereocenters. The third-order valence-electron chi connectivity index (χ3n) is 5.20. The van der Waals surface area contributed by atoms with Crippen molar-refractivity contribution in [2.75, 3.05) is 24.5 Å². The molecule has 0 bridgehead atoms. The first-order valence-electron chi connectivity index (χ1n) is 10.0. The summed E-state index contributed by atoms with van der Waals surface area (Å²) in [5.74, 6) is 1.55. The van der Waals surface area contributed by atoms with Gasteiger partial charge in [0.25, 0.3) is 5.56 Å². The lowest BCUT2D eigenvalue weighted by Gasteiger charge is -2.18. The van der Waals surface area contributed by atoms with Gasteiger partial charge in [-0.15, -0.1) is 0 Å². The van der Waals surface area contributed by atoms with Gasteiger partial charge in [-0.05, 0) is 36.4 Å². The molecule has 0 radical (unpaired) electrons. The van der Waals surface area contributed by atoms with E-state index in [1.165, 1.54) is 21.2 Å². The van der Waals surface area contributed by atoms with Gasteiger partial charge in [0.15, 0.2) is 16.7 Å². The van der Waals surface area contributed by atoms with Crippen molar-refractivity contribution in [1.29, 1.82) is 0 Å². The lowest BCUT2D eigenvalue weighted by Crippen LogP contribution is -2.29. The van der Waals surface area contributed by atoms with Crippen LogP contribution in [0.25, 0.3) is 10.9 Å². The Bertz CT molecular complexity index is 1400. The summed E-state index contributed by atoms with van der Waals surface area (Å²) in [7, 11) is 1.68. The van der Waals surface area contributed by atoms with Crippen molar-refractivity contribution >= 4 is 45.9 Å². The summed E-state index contributed by atoms with van der Waals surface area (Å²) in [6.07, 6.45) is 1.54. The molecule has 5 rings (SSSR count). The van der Waals surface area contributed by atoms with E-state index < -0.39 is 0 Å². The molecule has 2 aromatic carbocycles. The van der Waals surface area contributed by atoms with Crippen molar-refractivity contribution < 1.29 is 18.7 Å². The molecule has 1 aliphatic heterocycles. The first kappa shape index (κ1) is 21.4. The molecule has 0 aliphatic carbocycles. The summed E-state index contributed by atoms with van der Waals surface area (Å²) < 4.78 is 17.8. The third kappa shape index (κ3) is 4.29. The molecule has 33 heavy (non-hydrogen) atoms. The first-order valence-corrected chi connectivity index (χ1v) is 11.4. The van der Waals surface area contributed by atoms with Crippen molar-refractivity contribution in [3.63, 3.8) is 0 Å². The predicted molar refractivity (Wildman–Crippen MR) is 126 cm³/mol. The predicted octanol–water partition coefficient (Wildman–Crippen LogP) is 4.18. The maximum atomic E-state index is 13.4. The van der Waals surface area contributed by atoms with Crippen LogP contribution < -0.4 is 19.9 Å². The second-order valence-electron chi connectivity index (χ2n) is 7.31. The van der Waals surface area contributed by atoms with E-state index in [0.717, 1.165) is 0 Å². The molecule has 8 nitrogen and oxygen atoms in total. The second-order valence-corrected chi connectivity index (χ2v) is 8.69. The Kier molecular flexibility index (Phi) is 5.74. The fourth-order valence-electron chi connectivity index (χ4n) is 3.45. The smallest absolute Gasteiger partial charge is 0.262 e. The summed E-state index contributed by atoms with van der Waals surface area (Å²) in [5, 5.41) is 1.34. The summed E-state index contributed by atoms with van der Waals surface area (Å²) >= 11 is 7.23. The molecule has 10 heteroatoms. The molecule has 2 aromatic heterocycles. The van der Waals surface area contributed by atoms with Gasteiger partial charge in [0, 0.05) is 23.8 Å². The van der Waals surface area contributed by atoms with Crippen LogP contribution in [0.2, 0.25) is 5.02 Å². The number of hydrogen-bond acceptors (Lipinski definition) is 7. The standard InChI is InChI=1S/C23H18ClN3O5S/c1-26(15-5-2-4-14(24)8-15)21(28)12-33-23-25-18-10-20-19(31-13-32-20)9-17(18)22(29)27(23)11-16-6-3-7-30-16/h2-10H,11-13H2,1H3. The molecular weight excluding hydrogens is 466 g/mol. The minimum absolute atomic E-state index is 0.0731. The van der Waals surface area contributed by atoms with Gasteiger partial charge in [-0.1, -0.05) is 29.4 Å². The summed E-state index contributed by atoms with van der Waals surface area (Å²) in [6, 6.07) is 13.9. The van der Waals surface area contributed by atoms with Gasteiger partial charge in [0.05, 0.1) is 29.5 Å². The van der Waals surface area contributed by atoms with E-state index in [1.54, 1.807) is 61.8 Å². The van der Waals surface area contributed by atoms with Crippen molar-refractivity contribution in [1.82, 2.24) is 9.55 Å². The van der Waals surface area contributed by atoms with Crippen LogP contribution in [0.15, 0.2) is 69.2 Å². The maximum Gasteiger partial charge on any atom is 0.262 e. The number of halogens is 1. The molecule has 0 saturated carbocycles. The molecular formula is C23H18ClN3O5S. The lowest BCUT2D eigenvalue weighted by molar-refractivity contribution is -0.115. The number of anilines is 1. The molecule has 0 fully saturated rings. The zero-order chi connectivity index (χ0) is 22.9. The SMILES string of the molecule is CN(C(=O)CSc1nc2cc3c(cc2c(=O)n1Cc1ccco1)OCO3)c1cccc(Cl)c1. The van der Waals surface area contributed by atoms with E-state index in [9.17, 15) is 9.59 Å². The number of aromatic nitrogens is 2. The number of ether oxygens (including phenoxy) is 2. The zero-order valence-electron chi connectivity index (χ0n) is 17.5. The Balaban J connectivity index is 1.48. The zero-order valence-corrected chi connectivity index (χ0v) is 19.1. The largest absolute Gasteiger partial charge is 0.467 e. The second kappa shape index (κ2) is 8.84. The number of amides is 1. The number of nitrogens with zero attached hydrogens (tertiary/aromatic N) is 3. The minimum atomic E-state index is -0.257. The number of hydrogen-bond donors (Lipinski definition) is 0. The van der Waals surface area contributed by atoms with Gasteiger partial charge in [-0.3, -0.25) is 14.2 Å². The van der Waals surface area contributed by atoms with E-state index in [1.807, 2.05) is 0 Å². The van der Waals surface area contributed by atoms with Crippen LogP contribution in [0, 0.1) is 0 Å². The van der Waals surface area contributed by atoms with Gasteiger partial charge in [0.1, 0.15) is 5.76 Å². The molecule has 0 N–H and O–H groups in total. The highest BCUT2D eigenvalue weighted by atomic mass is 35.5. The average molecular weight is 484 g/mol. The molecule has 1 amide bonds. The van der Waals surface area contributed by atoms with Crippen LogP contribution in [0.1, 0.15) is 5.76 Å². The third-order valence-corrected chi connectivity index (χ3v) is 6.40. The van der Waals surface area contributed by atoms with Crippen LogP contribution in [0.3, 0.4) is 0 Å². The summed E-state index contributed by atoms with van der Waals surface area (Å²) in [5.41, 5.74) is 0.895. The van der Waals surface area contributed by atoms with Gasteiger partial charge >= 0.3 is 0 Å². The van der Waals surface area contributed by atoms with E-state index in [-0.39, 0.29) is 30.6 Å². The maximum absolute atomic E-state index is 13.4. The number of carbonyl (C=O) groups is 1. The topological polar surface area (TPSA) is 86.8 Å². The lowest BCUT2D eigenvalue weighted by atomic mass is 10.2. The average Bonchev–Trinajstić information content (AvgIpc) is 3.49. The van der Waals surface area contributed by atoms with E-state index in [4.69, 9.17) is 25.5 Å². The van der Waals surface area contributed by atoms with Crippen LogP contribution in [-0.2, 0) is 11.3 Å². The van der Waals surface area contributed by atoms with E-state index >= 15 is 0 Å². The number of rotatable bonds is 6. The first-order chi connectivity index (χ1) is 16.0. The Hall–Kier alpha value is -3.43. The fraction of sp³-hybridized carbons (Fsp3) is 0.174. The number of benzene rings is 2. The van der Waals surface area contributed by atoms with Crippen LogP contribution in [0.4, 0.5) is 5.69 Å². The molecule has 0 saturated heterocycles. The molecule has 0 unspecified atom stereocenters. The van der Waals surface area contributed by atoms with Gasteiger partial charge in [-0.25, -0.2) is 4.98 Å². The normalized spacial score (nSPS) is 12.3. The quantitative estimate of drug-likeness (QED) is 0.300. The van der Waals surface area contributed by atoms with Gasteiger partial charge in [-0.2, -0.15) is 0 Å². The molecule has 168 valence electrons. The van der Waals surface area contributed by atoms with Crippen LogP contribution >= 0.6 is 23.4 Å². The van der Waals surface area contributed by atoms with Crippen molar-refractivity contribution in [2.24, 2.45) is 0 Å². The monoisotopic (exact) mass is 483 g/mol. The Morgan fingerprint density at radius 2 is 2.00 bits per heavy atom. The summed E-state index contributed by atoms with van der Waals surface area (Å²) in [4.78, 5) is 32.4. The number of fused-ring (bicyclic) bond motifs is 2. The fourth-order valence-corrected chi connectivity index (χ4v) is 4.55. The van der Waals surface area contributed by atoms with Crippen LogP contribution in [-0.4, -0.2) is 35.1 Å². The van der Waals surface area contributed by atoms with Gasteiger partial charge in [0.2, 0.25) is 12.7 Å². The molecule has 3 heterocycles. The number of carbonyl (C=O) groups excluding carboxylic acids is 1.